The largest absolute Gasteiger partial charge is 0.507 e. The van der Waals surface area contributed by atoms with Gasteiger partial charge < -0.3 is 5.11 Å². The fourth-order valence-corrected chi connectivity index (χ4v) is 3.55. The zero-order valence-electron chi connectivity index (χ0n) is 13.2. The topological polar surface area (TPSA) is 20.2 Å². The van der Waals surface area contributed by atoms with Crippen molar-refractivity contribution < 1.29 is 5.11 Å². The van der Waals surface area contributed by atoms with E-state index in [1.54, 1.807) is 0 Å². The van der Waals surface area contributed by atoms with Gasteiger partial charge in [0.1, 0.15) is 5.75 Å². The molecule has 3 aromatic rings. The summed E-state index contributed by atoms with van der Waals surface area (Å²) in [5.74, 6) is 0.395. The Balaban J connectivity index is 2.36. The van der Waals surface area contributed by atoms with Gasteiger partial charge in [-0.2, -0.15) is 0 Å². The second-order valence-electron chi connectivity index (χ2n) is 5.71. The highest BCUT2D eigenvalue weighted by molar-refractivity contribution is 6.35. The van der Waals surface area contributed by atoms with Crippen molar-refractivity contribution in [1.29, 1.82) is 0 Å². The third-order valence-corrected chi connectivity index (χ3v) is 5.97. The third kappa shape index (κ3) is 2.36. The molecule has 0 radical (unpaired) electrons. The SMILES string of the molecule is Cc1c([SiH3])c(C)c(-c2ccccc2)c(O)c1-c1ccccc1. The van der Waals surface area contributed by atoms with E-state index in [-0.39, 0.29) is 0 Å². The van der Waals surface area contributed by atoms with Crippen LogP contribution in [0.25, 0.3) is 22.3 Å². The van der Waals surface area contributed by atoms with E-state index in [9.17, 15) is 5.11 Å². The van der Waals surface area contributed by atoms with Crippen LogP contribution in [0, 0.1) is 13.8 Å². The summed E-state index contributed by atoms with van der Waals surface area (Å²) < 4.78 is 0. The maximum absolute atomic E-state index is 11.0. The van der Waals surface area contributed by atoms with E-state index in [0.29, 0.717) is 5.75 Å². The van der Waals surface area contributed by atoms with E-state index in [1.165, 1.54) is 16.3 Å². The molecule has 0 aliphatic carbocycles. The minimum atomic E-state index is 0.395. The van der Waals surface area contributed by atoms with Crippen molar-refractivity contribution in [2.75, 3.05) is 0 Å². The van der Waals surface area contributed by atoms with Gasteiger partial charge in [-0.15, -0.1) is 0 Å². The van der Waals surface area contributed by atoms with Crippen molar-refractivity contribution in [1.82, 2.24) is 0 Å². The summed E-state index contributed by atoms with van der Waals surface area (Å²) in [7, 11) is 0.965. The molecule has 0 unspecified atom stereocenters. The number of benzene rings is 3. The number of rotatable bonds is 2. The quantitative estimate of drug-likeness (QED) is 0.720. The highest BCUT2D eigenvalue weighted by Gasteiger charge is 2.19. The molecule has 3 aromatic carbocycles. The Kier molecular flexibility index (Phi) is 3.86. The lowest BCUT2D eigenvalue weighted by Gasteiger charge is -2.19. The fourth-order valence-electron chi connectivity index (χ4n) is 3.05. The van der Waals surface area contributed by atoms with Gasteiger partial charge in [0.05, 0.1) is 0 Å². The van der Waals surface area contributed by atoms with Gasteiger partial charge in [-0.1, -0.05) is 65.9 Å². The van der Waals surface area contributed by atoms with Crippen LogP contribution in [0.1, 0.15) is 11.1 Å². The maximum Gasteiger partial charge on any atom is 0.131 e. The summed E-state index contributed by atoms with van der Waals surface area (Å²) in [6.45, 7) is 4.23. The van der Waals surface area contributed by atoms with Gasteiger partial charge in [0.2, 0.25) is 0 Å². The van der Waals surface area contributed by atoms with Gasteiger partial charge in [-0.3, -0.25) is 0 Å². The number of phenolic OH excluding ortho intramolecular Hbond substituents is 1. The summed E-state index contributed by atoms with van der Waals surface area (Å²) in [5.41, 5.74) is 6.49. The molecule has 0 bridgehead atoms. The van der Waals surface area contributed by atoms with Gasteiger partial charge in [-0.05, 0) is 36.1 Å². The number of hydrogen-bond acceptors (Lipinski definition) is 1. The zero-order valence-corrected chi connectivity index (χ0v) is 15.2. The van der Waals surface area contributed by atoms with Crippen molar-refractivity contribution in [3.8, 4) is 28.0 Å². The van der Waals surface area contributed by atoms with Crippen molar-refractivity contribution in [2.24, 2.45) is 0 Å². The summed E-state index contributed by atoms with van der Waals surface area (Å²) >= 11 is 0. The van der Waals surface area contributed by atoms with E-state index in [4.69, 9.17) is 0 Å². The summed E-state index contributed by atoms with van der Waals surface area (Å²) in [4.78, 5) is 0. The Morgan fingerprint density at radius 2 is 1.05 bits per heavy atom. The second-order valence-corrected chi connectivity index (χ2v) is 6.71. The monoisotopic (exact) mass is 304 g/mol. The van der Waals surface area contributed by atoms with Crippen LogP contribution in [0.15, 0.2) is 60.7 Å². The summed E-state index contributed by atoms with van der Waals surface area (Å²) in [6, 6.07) is 20.3. The van der Waals surface area contributed by atoms with Crippen LogP contribution in [0.4, 0.5) is 0 Å². The van der Waals surface area contributed by atoms with Crippen molar-refractivity contribution in [2.45, 2.75) is 13.8 Å². The molecular weight excluding hydrogens is 284 g/mol. The third-order valence-electron chi connectivity index (χ3n) is 4.47. The number of hydrogen-bond donors (Lipinski definition) is 1. The van der Waals surface area contributed by atoms with E-state index < -0.39 is 0 Å². The van der Waals surface area contributed by atoms with Crippen LogP contribution in [0.5, 0.6) is 5.75 Å². The summed E-state index contributed by atoms with van der Waals surface area (Å²) in [6.07, 6.45) is 0. The molecule has 0 heterocycles. The van der Waals surface area contributed by atoms with Gasteiger partial charge in [0.25, 0.3) is 0 Å². The van der Waals surface area contributed by atoms with Crippen molar-refractivity contribution >= 4 is 15.4 Å². The molecule has 0 aromatic heterocycles. The standard InChI is InChI=1S/C20H20OSi/c1-13-17(15-9-5-3-6-10-15)19(21)18(14(2)20(13)22)16-11-7-4-8-12-16/h3-12,21H,1-2,22H3. The van der Waals surface area contributed by atoms with Crippen LogP contribution >= 0.6 is 0 Å². The first-order valence-electron chi connectivity index (χ1n) is 7.54. The molecular formula is C20H20OSi. The fraction of sp³-hybridized carbons (Fsp3) is 0.100. The minimum absolute atomic E-state index is 0.395. The van der Waals surface area contributed by atoms with Gasteiger partial charge in [0, 0.05) is 21.4 Å². The van der Waals surface area contributed by atoms with Crippen LogP contribution in [-0.2, 0) is 0 Å². The normalized spacial score (nSPS) is 10.8. The number of aromatic hydroxyl groups is 1. The van der Waals surface area contributed by atoms with Gasteiger partial charge in [0.15, 0.2) is 0 Å². The molecule has 0 aliphatic heterocycles. The average Bonchev–Trinajstić information content (AvgIpc) is 2.55. The molecule has 0 fully saturated rings. The molecule has 1 N–H and O–H groups in total. The zero-order chi connectivity index (χ0) is 15.7. The van der Waals surface area contributed by atoms with Gasteiger partial charge in [-0.25, -0.2) is 0 Å². The highest BCUT2D eigenvalue weighted by atomic mass is 28.1. The van der Waals surface area contributed by atoms with Crippen LogP contribution in [-0.4, -0.2) is 15.3 Å². The van der Waals surface area contributed by atoms with E-state index in [0.717, 1.165) is 32.5 Å². The Labute approximate surface area is 134 Å². The van der Waals surface area contributed by atoms with Gasteiger partial charge >= 0.3 is 0 Å². The van der Waals surface area contributed by atoms with Crippen LogP contribution in [0.2, 0.25) is 0 Å². The molecule has 110 valence electrons. The summed E-state index contributed by atoms with van der Waals surface area (Å²) in [5, 5.41) is 12.4. The Bertz CT molecular complexity index is 742. The van der Waals surface area contributed by atoms with Crippen LogP contribution < -0.4 is 5.19 Å². The molecule has 0 atom stereocenters. The molecule has 22 heavy (non-hydrogen) atoms. The Hall–Kier alpha value is -2.32. The van der Waals surface area contributed by atoms with E-state index >= 15 is 0 Å². The highest BCUT2D eigenvalue weighted by Crippen LogP contribution is 2.41. The number of phenols is 1. The first-order valence-corrected chi connectivity index (χ1v) is 8.54. The predicted molar refractivity (Wildman–Crippen MR) is 98.0 cm³/mol. The smallest absolute Gasteiger partial charge is 0.131 e. The molecule has 0 aliphatic rings. The molecule has 2 heteroatoms. The second kappa shape index (κ2) is 5.82. The Morgan fingerprint density at radius 3 is 1.41 bits per heavy atom. The van der Waals surface area contributed by atoms with Crippen LogP contribution in [0.3, 0.4) is 0 Å². The first-order chi connectivity index (χ1) is 10.6. The lowest BCUT2D eigenvalue weighted by molar-refractivity contribution is 0.478. The van der Waals surface area contributed by atoms with E-state index in [2.05, 4.69) is 38.1 Å². The maximum atomic E-state index is 11.0. The average molecular weight is 304 g/mol. The molecule has 1 nitrogen and oxygen atoms in total. The molecule has 0 amide bonds. The lowest BCUT2D eigenvalue weighted by Crippen LogP contribution is -2.15. The Morgan fingerprint density at radius 1 is 0.682 bits per heavy atom. The molecule has 0 saturated carbocycles. The molecule has 3 rings (SSSR count). The first kappa shape index (κ1) is 14.6. The minimum Gasteiger partial charge on any atom is -0.507 e. The van der Waals surface area contributed by atoms with Crippen molar-refractivity contribution in [3.63, 3.8) is 0 Å². The van der Waals surface area contributed by atoms with Crippen molar-refractivity contribution in [3.05, 3.63) is 71.8 Å². The van der Waals surface area contributed by atoms with E-state index in [1.807, 2.05) is 36.4 Å². The molecule has 0 saturated heterocycles. The molecule has 0 spiro atoms. The lowest BCUT2D eigenvalue weighted by atomic mass is 9.90. The predicted octanol–water partition coefficient (Wildman–Crippen LogP) is 3.33.